The van der Waals surface area contributed by atoms with Gasteiger partial charge < -0.3 is 14.4 Å². The molecule has 6 nitrogen and oxygen atoms in total. The van der Waals surface area contributed by atoms with Crippen molar-refractivity contribution in [1.82, 2.24) is 4.90 Å². The number of sulfone groups is 1. The number of carbonyl (C=O) groups excluding carboxylic acids is 1. The van der Waals surface area contributed by atoms with E-state index in [1.54, 1.807) is 4.90 Å². The zero-order valence-corrected chi connectivity index (χ0v) is 20.7. The highest BCUT2D eigenvalue weighted by molar-refractivity contribution is 7.89. The van der Waals surface area contributed by atoms with E-state index in [9.17, 15) is 13.2 Å². The molecule has 1 saturated heterocycles. The fraction of sp³-hybridized carbons (Fsp3) is 0.500. The Balaban J connectivity index is 1.45. The smallest absolute Gasteiger partial charge is 0.410 e. The van der Waals surface area contributed by atoms with E-state index >= 15 is 0 Å². The number of benzene rings is 2. The molecule has 7 heteroatoms. The quantitative estimate of drug-likeness (QED) is 0.630. The molecule has 1 spiro atoms. The Morgan fingerprint density at radius 2 is 1.67 bits per heavy atom. The summed E-state index contributed by atoms with van der Waals surface area (Å²) in [5.41, 5.74) is 3.31. The molecule has 2 aromatic rings. The third kappa shape index (κ3) is 5.88. The van der Waals surface area contributed by atoms with Gasteiger partial charge in [0.05, 0.1) is 5.75 Å². The second kappa shape index (κ2) is 8.67. The molecular formula is C26H33NO5S. The van der Waals surface area contributed by atoms with Gasteiger partial charge in [-0.05, 0) is 61.9 Å². The van der Waals surface area contributed by atoms with Crippen molar-refractivity contribution in [3.8, 4) is 16.9 Å². The molecule has 0 aliphatic carbocycles. The van der Waals surface area contributed by atoms with Crippen molar-refractivity contribution in [3.63, 3.8) is 0 Å². The topological polar surface area (TPSA) is 72.9 Å². The van der Waals surface area contributed by atoms with Crippen molar-refractivity contribution in [2.24, 2.45) is 0 Å². The van der Waals surface area contributed by atoms with Crippen molar-refractivity contribution >= 4 is 15.9 Å². The van der Waals surface area contributed by atoms with Gasteiger partial charge in [-0.3, -0.25) is 0 Å². The number of hydrogen-bond acceptors (Lipinski definition) is 5. The molecule has 2 aliphatic rings. The van der Waals surface area contributed by atoms with Crippen LogP contribution in [-0.2, 0) is 26.7 Å². The van der Waals surface area contributed by atoms with E-state index in [2.05, 4.69) is 18.2 Å². The van der Waals surface area contributed by atoms with Crippen LogP contribution in [0.2, 0.25) is 0 Å². The average Bonchev–Trinajstić information content (AvgIpc) is 2.72. The largest absolute Gasteiger partial charge is 0.487 e. The second-order valence-electron chi connectivity index (χ2n) is 10.3. The summed E-state index contributed by atoms with van der Waals surface area (Å²) >= 11 is 0. The Morgan fingerprint density at radius 1 is 1.03 bits per heavy atom. The maximum absolute atomic E-state index is 12.4. The van der Waals surface area contributed by atoms with Gasteiger partial charge in [-0.2, -0.15) is 0 Å². The fourth-order valence-corrected chi connectivity index (χ4v) is 5.35. The zero-order chi connectivity index (χ0) is 23.9. The van der Waals surface area contributed by atoms with Crippen molar-refractivity contribution in [2.45, 2.75) is 63.4 Å². The highest BCUT2D eigenvalue weighted by Gasteiger charge is 2.41. The Kier molecular flexibility index (Phi) is 6.20. The van der Waals surface area contributed by atoms with E-state index in [4.69, 9.17) is 9.47 Å². The second-order valence-corrected chi connectivity index (χ2v) is 12.5. The van der Waals surface area contributed by atoms with Gasteiger partial charge in [-0.1, -0.05) is 36.4 Å². The maximum atomic E-state index is 12.4. The SMILES string of the molecule is CC(C)(C)OC(=O)N1CCC2(CCc3ccc(-c4ccc(CS(C)(=O)=O)cc4)cc3O2)CC1. The van der Waals surface area contributed by atoms with E-state index in [1.165, 1.54) is 11.8 Å². The van der Waals surface area contributed by atoms with Crippen LogP contribution in [0.4, 0.5) is 4.79 Å². The Labute approximate surface area is 196 Å². The number of amides is 1. The third-order valence-electron chi connectivity index (χ3n) is 6.29. The van der Waals surface area contributed by atoms with Gasteiger partial charge in [0, 0.05) is 32.2 Å². The molecule has 0 saturated carbocycles. The molecular weight excluding hydrogens is 438 g/mol. The summed E-state index contributed by atoms with van der Waals surface area (Å²) in [7, 11) is -3.05. The van der Waals surface area contributed by atoms with Gasteiger partial charge in [0.2, 0.25) is 0 Å². The molecule has 0 aromatic heterocycles. The third-order valence-corrected chi connectivity index (χ3v) is 7.14. The molecule has 1 amide bonds. The van der Waals surface area contributed by atoms with Crippen LogP contribution in [0, 0.1) is 0 Å². The Morgan fingerprint density at radius 3 is 2.27 bits per heavy atom. The molecule has 2 aliphatic heterocycles. The fourth-order valence-electron chi connectivity index (χ4n) is 4.55. The normalized spacial score (nSPS) is 17.9. The van der Waals surface area contributed by atoms with Crippen LogP contribution in [0.5, 0.6) is 5.75 Å². The lowest BCUT2D eigenvalue weighted by atomic mass is 9.83. The van der Waals surface area contributed by atoms with Crippen LogP contribution in [0.15, 0.2) is 42.5 Å². The summed E-state index contributed by atoms with van der Waals surface area (Å²) in [5.74, 6) is 0.952. The first kappa shape index (κ1) is 23.6. The van der Waals surface area contributed by atoms with Gasteiger partial charge in [-0.15, -0.1) is 0 Å². The lowest BCUT2D eigenvalue weighted by Crippen LogP contribution is -2.52. The summed E-state index contributed by atoms with van der Waals surface area (Å²) < 4.78 is 35.2. The van der Waals surface area contributed by atoms with Crippen LogP contribution >= 0.6 is 0 Å². The highest BCUT2D eigenvalue weighted by atomic mass is 32.2. The number of piperidine rings is 1. The molecule has 2 heterocycles. The first-order chi connectivity index (χ1) is 15.4. The zero-order valence-electron chi connectivity index (χ0n) is 19.9. The minimum absolute atomic E-state index is 0.0451. The number of hydrogen-bond donors (Lipinski definition) is 0. The lowest BCUT2D eigenvalue weighted by Gasteiger charge is -2.44. The minimum atomic E-state index is -3.05. The molecule has 2 aromatic carbocycles. The summed E-state index contributed by atoms with van der Waals surface area (Å²) in [6.07, 6.45) is 4.47. The minimum Gasteiger partial charge on any atom is -0.487 e. The van der Waals surface area contributed by atoms with Crippen molar-refractivity contribution < 1.29 is 22.7 Å². The van der Waals surface area contributed by atoms with Gasteiger partial charge in [0.25, 0.3) is 0 Å². The van der Waals surface area contributed by atoms with Crippen LogP contribution in [0.1, 0.15) is 51.2 Å². The summed E-state index contributed by atoms with van der Waals surface area (Å²) in [6, 6.07) is 14.0. The van der Waals surface area contributed by atoms with Gasteiger partial charge >= 0.3 is 6.09 Å². The number of carbonyl (C=O) groups is 1. The summed E-state index contributed by atoms with van der Waals surface area (Å²) in [6.45, 7) is 6.91. The molecule has 0 bridgehead atoms. The molecule has 0 atom stereocenters. The Hall–Kier alpha value is -2.54. The van der Waals surface area contributed by atoms with Gasteiger partial charge in [-0.25, -0.2) is 13.2 Å². The van der Waals surface area contributed by atoms with Crippen molar-refractivity contribution in [1.29, 1.82) is 0 Å². The molecule has 0 unspecified atom stereocenters. The monoisotopic (exact) mass is 471 g/mol. The Bertz CT molecular complexity index is 1120. The number of likely N-dealkylation sites (tertiary alicyclic amines) is 1. The number of aryl methyl sites for hydroxylation is 1. The van der Waals surface area contributed by atoms with Crippen molar-refractivity contribution in [3.05, 3.63) is 53.6 Å². The molecule has 0 radical (unpaired) electrons. The molecule has 33 heavy (non-hydrogen) atoms. The molecule has 0 N–H and O–H groups in total. The number of rotatable bonds is 3. The first-order valence-electron chi connectivity index (χ1n) is 11.5. The predicted molar refractivity (Wildman–Crippen MR) is 129 cm³/mol. The van der Waals surface area contributed by atoms with E-state index in [-0.39, 0.29) is 17.4 Å². The number of fused-ring (bicyclic) bond motifs is 1. The standard InChI is InChI=1S/C26H33NO5S/c1-25(2,3)32-24(28)27-15-13-26(14-16-27)12-11-21-9-10-22(17-23(21)31-26)20-7-5-19(6-8-20)18-33(4,29)30/h5-10,17H,11-16,18H2,1-4H3. The van der Waals surface area contributed by atoms with Gasteiger partial charge in [0.1, 0.15) is 17.0 Å². The number of ether oxygens (including phenoxy) is 2. The summed E-state index contributed by atoms with van der Waals surface area (Å²) in [5, 5.41) is 0. The predicted octanol–water partition coefficient (Wildman–Crippen LogP) is 4.99. The molecule has 178 valence electrons. The van der Waals surface area contributed by atoms with Crippen molar-refractivity contribution in [2.75, 3.05) is 19.3 Å². The number of nitrogens with zero attached hydrogens (tertiary/aromatic N) is 1. The van der Waals surface area contributed by atoms with E-state index in [0.29, 0.717) is 13.1 Å². The van der Waals surface area contributed by atoms with E-state index in [0.717, 1.165) is 48.1 Å². The maximum Gasteiger partial charge on any atom is 0.410 e. The van der Waals surface area contributed by atoms with E-state index in [1.807, 2.05) is 45.0 Å². The van der Waals surface area contributed by atoms with Crippen LogP contribution < -0.4 is 4.74 Å². The molecule has 4 rings (SSSR count). The summed E-state index contributed by atoms with van der Waals surface area (Å²) in [4.78, 5) is 14.2. The average molecular weight is 472 g/mol. The van der Waals surface area contributed by atoms with Gasteiger partial charge in [0.15, 0.2) is 9.84 Å². The molecule has 1 fully saturated rings. The highest BCUT2D eigenvalue weighted by Crippen LogP contribution is 2.41. The van der Waals surface area contributed by atoms with E-state index < -0.39 is 15.4 Å². The van der Waals surface area contributed by atoms with Crippen LogP contribution in [0.3, 0.4) is 0 Å². The lowest BCUT2D eigenvalue weighted by molar-refractivity contribution is -0.0272. The van der Waals surface area contributed by atoms with Crippen LogP contribution in [0.25, 0.3) is 11.1 Å². The first-order valence-corrected chi connectivity index (χ1v) is 13.5. The van der Waals surface area contributed by atoms with Crippen LogP contribution in [-0.4, -0.2) is 50.0 Å².